The standard InChI is InChI=1S/C38H44N6O6S/c1-25(2)34(42-38(47)50-3)37(46)44-18-4-5-33(44)35-39-23-32(41-35)29-12-8-27(9-13-29)28-10-14-30(15-11-28)36(45)40-31-16-6-26(7-17-31)24-43-19-21-51(48,49)22-20-43/h6-17,23,25,33-34H,4-5,18-22,24H2,1-3H3,(H,39,41)(H,40,45)(H,42,47). The fourth-order valence-corrected chi connectivity index (χ4v) is 7.84. The Morgan fingerprint density at radius 3 is 2.16 bits per heavy atom. The van der Waals surface area contributed by atoms with Gasteiger partial charge in [-0.05, 0) is 65.3 Å². The summed E-state index contributed by atoms with van der Waals surface area (Å²) in [5.74, 6) is 0.643. The smallest absolute Gasteiger partial charge is 0.407 e. The summed E-state index contributed by atoms with van der Waals surface area (Å²) in [6.07, 6.45) is 2.77. The number of alkyl carbamates (subject to hydrolysis) is 1. The van der Waals surface area contributed by atoms with Gasteiger partial charge in [0.15, 0.2) is 9.84 Å². The van der Waals surface area contributed by atoms with Crippen LogP contribution in [0, 0.1) is 5.92 Å². The number of ether oxygens (including phenoxy) is 1. The minimum Gasteiger partial charge on any atom is -0.453 e. The van der Waals surface area contributed by atoms with Gasteiger partial charge < -0.3 is 25.3 Å². The van der Waals surface area contributed by atoms with Crippen molar-refractivity contribution in [2.45, 2.75) is 45.3 Å². The molecule has 0 spiro atoms. The summed E-state index contributed by atoms with van der Waals surface area (Å²) < 4.78 is 28.1. The first-order chi connectivity index (χ1) is 24.5. The van der Waals surface area contributed by atoms with Crippen LogP contribution >= 0.6 is 0 Å². The molecule has 2 aliphatic heterocycles. The minimum absolute atomic E-state index is 0.107. The molecule has 0 bridgehead atoms. The molecule has 0 aliphatic carbocycles. The van der Waals surface area contributed by atoms with Crippen LogP contribution in [0.4, 0.5) is 10.5 Å². The van der Waals surface area contributed by atoms with Gasteiger partial charge in [0.05, 0.1) is 36.5 Å². The van der Waals surface area contributed by atoms with E-state index in [1.165, 1.54) is 7.11 Å². The molecule has 51 heavy (non-hydrogen) atoms. The van der Waals surface area contributed by atoms with Gasteiger partial charge in [-0.25, -0.2) is 18.2 Å². The van der Waals surface area contributed by atoms with E-state index in [0.717, 1.165) is 40.8 Å². The summed E-state index contributed by atoms with van der Waals surface area (Å²) in [5.41, 5.74) is 6.05. The molecule has 268 valence electrons. The van der Waals surface area contributed by atoms with Crippen molar-refractivity contribution in [3.8, 4) is 22.4 Å². The van der Waals surface area contributed by atoms with E-state index in [2.05, 4.69) is 25.5 Å². The number of aromatic amines is 1. The van der Waals surface area contributed by atoms with Gasteiger partial charge >= 0.3 is 6.09 Å². The first-order valence-electron chi connectivity index (χ1n) is 17.2. The van der Waals surface area contributed by atoms with Crippen LogP contribution in [0.25, 0.3) is 22.4 Å². The number of amides is 3. The Balaban J connectivity index is 1.05. The van der Waals surface area contributed by atoms with Gasteiger partial charge in [-0.2, -0.15) is 0 Å². The van der Waals surface area contributed by atoms with E-state index in [4.69, 9.17) is 4.74 Å². The van der Waals surface area contributed by atoms with Crippen molar-refractivity contribution in [1.29, 1.82) is 0 Å². The third kappa shape index (κ3) is 8.66. The Kier molecular flexibility index (Phi) is 10.9. The number of H-pyrrole nitrogens is 1. The number of aromatic nitrogens is 2. The van der Waals surface area contributed by atoms with E-state index in [1.807, 2.05) is 74.5 Å². The number of rotatable bonds is 10. The third-order valence-electron chi connectivity index (χ3n) is 9.57. The van der Waals surface area contributed by atoms with Crippen molar-refractivity contribution >= 4 is 33.4 Å². The van der Waals surface area contributed by atoms with Gasteiger partial charge in [-0.15, -0.1) is 0 Å². The van der Waals surface area contributed by atoms with E-state index >= 15 is 0 Å². The number of methoxy groups -OCH3 is 1. The molecule has 2 saturated heterocycles. The Morgan fingerprint density at radius 2 is 1.53 bits per heavy atom. The highest BCUT2D eigenvalue weighted by Gasteiger charge is 2.37. The normalized spacial score (nSPS) is 18.0. The summed E-state index contributed by atoms with van der Waals surface area (Å²) in [5, 5.41) is 5.63. The van der Waals surface area contributed by atoms with Crippen LogP contribution in [-0.4, -0.2) is 90.4 Å². The Hall–Kier alpha value is -5.01. The first kappa shape index (κ1) is 35.8. The van der Waals surface area contributed by atoms with Crippen LogP contribution in [0.5, 0.6) is 0 Å². The Bertz CT molecular complexity index is 1940. The third-order valence-corrected chi connectivity index (χ3v) is 11.2. The summed E-state index contributed by atoms with van der Waals surface area (Å²) in [6.45, 7) is 6.12. The summed E-state index contributed by atoms with van der Waals surface area (Å²) in [4.78, 5) is 50.3. The van der Waals surface area contributed by atoms with Gasteiger partial charge in [0.25, 0.3) is 5.91 Å². The van der Waals surface area contributed by atoms with Crippen LogP contribution < -0.4 is 10.6 Å². The van der Waals surface area contributed by atoms with Crippen LogP contribution in [0.15, 0.2) is 79.0 Å². The van der Waals surface area contributed by atoms with Gasteiger partial charge in [-0.3, -0.25) is 14.5 Å². The molecule has 3 aromatic carbocycles. The number of likely N-dealkylation sites (tertiary alicyclic amines) is 1. The average Bonchev–Trinajstić information content (AvgIpc) is 3.83. The maximum atomic E-state index is 13.5. The average molecular weight is 713 g/mol. The predicted octanol–water partition coefficient (Wildman–Crippen LogP) is 5.27. The molecule has 2 aliphatic rings. The Labute approximate surface area is 298 Å². The number of carbonyl (C=O) groups excluding carboxylic acids is 3. The number of imidazole rings is 1. The number of nitrogens with zero attached hydrogens (tertiary/aromatic N) is 3. The highest BCUT2D eigenvalue weighted by atomic mass is 32.2. The SMILES string of the molecule is COC(=O)NC(C(=O)N1CCCC1c1ncc(-c2ccc(-c3ccc(C(=O)Nc4ccc(CN5CCS(=O)(=O)CC5)cc4)cc3)cc2)[nH]1)C(C)C. The van der Waals surface area contributed by atoms with E-state index in [0.29, 0.717) is 43.3 Å². The molecule has 6 rings (SSSR count). The largest absolute Gasteiger partial charge is 0.453 e. The van der Waals surface area contributed by atoms with Gasteiger partial charge in [0.1, 0.15) is 11.9 Å². The van der Waals surface area contributed by atoms with Gasteiger partial charge in [0.2, 0.25) is 5.91 Å². The van der Waals surface area contributed by atoms with Crippen molar-refractivity contribution in [2.75, 3.05) is 43.6 Å². The fraction of sp³-hybridized carbons (Fsp3) is 0.368. The molecule has 2 atom stereocenters. The van der Waals surface area contributed by atoms with E-state index < -0.39 is 22.0 Å². The van der Waals surface area contributed by atoms with Crippen LogP contribution in [-0.2, 0) is 25.9 Å². The molecule has 3 amide bonds. The molecule has 3 heterocycles. The summed E-state index contributed by atoms with van der Waals surface area (Å²) >= 11 is 0. The molecule has 12 nitrogen and oxygen atoms in total. The first-order valence-corrected chi connectivity index (χ1v) is 19.1. The number of nitrogens with one attached hydrogen (secondary N) is 3. The number of carbonyl (C=O) groups is 3. The molecule has 3 N–H and O–H groups in total. The highest BCUT2D eigenvalue weighted by molar-refractivity contribution is 7.91. The lowest BCUT2D eigenvalue weighted by molar-refractivity contribution is -0.135. The molecule has 2 unspecified atom stereocenters. The van der Waals surface area contributed by atoms with Crippen molar-refractivity contribution in [2.24, 2.45) is 5.92 Å². The number of benzene rings is 3. The lowest BCUT2D eigenvalue weighted by Gasteiger charge is -2.30. The quantitative estimate of drug-likeness (QED) is 0.201. The van der Waals surface area contributed by atoms with Crippen LogP contribution in [0.1, 0.15) is 54.5 Å². The van der Waals surface area contributed by atoms with Crippen molar-refractivity contribution < 1.29 is 27.5 Å². The van der Waals surface area contributed by atoms with Gasteiger partial charge in [0, 0.05) is 37.4 Å². The lowest BCUT2D eigenvalue weighted by atomic mass is 10.0. The van der Waals surface area contributed by atoms with Gasteiger partial charge in [-0.1, -0.05) is 62.4 Å². The number of hydrogen-bond donors (Lipinski definition) is 3. The van der Waals surface area contributed by atoms with Crippen molar-refractivity contribution in [1.82, 2.24) is 25.1 Å². The van der Waals surface area contributed by atoms with Crippen LogP contribution in [0.3, 0.4) is 0 Å². The molecule has 0 saturated carbocycles. The maximum Gasteiger partial charge on any atom is 0.407 e. The fourth-order valence-electron chi connectivity index (χ4n) is 6.57. The Morgan fingerprint density at radius 1 is 0.902 bits per heavy atom. The molecule has 4 aromatic rings. The monoisotopic (exact) mass is 712 g/mol. The van der Waals surface area contributed by atoms with Crippen molar-refractivity contribution in [3.05, 3.63) is 95.9 Å². The highest BCUT2D eigenvalue weighted by Crippen LogP contribution is 2.33. The number of hydrogen-bond acceptors (Lipinski definition) is 8. The second-order valence-electron chi connectivity index (χ2n) is 13.5. The maximum absolute atomic E-state index is 13.5. The topological polar surface area (TPSA) is 154 Å². The lowest BCUT2D eigenvalue weighted by Crippen LogP contribution is -2.51. The minimum atomic E-state index is -2.91. The summed E-state index contributed by atoms with van der Waals surface area (Å²) in [7, 11) is -1.63. The number of anilines is 1. The zero-order valence-electron chi connectivity index (χ0n) is 29.1. The van der Waals surface area contributed by atoms with Crippen molar-refractivity contribution in [3.63, 3.8) is 0 Å². The zero-order chi connectivity index (χ0) is 36.1. The molecule has 13 heteroatoms. The van der Waals surface area contributed by atoms with Crippen LogP contribution in [0.2, 0.25) is 0 Å². The second-order valence-corrected chi connectivity index (χ2v) is 15.8. The number of sulfone groups is 1. The van der Waals surface area contributed by atoms with E-state index in [-0.39, 0.29) is 35.3 Å². The molecule has 1 aromatic heterocycles. The molecular weight excluding hydrogens is 669 g/mol. The predicted molar refractivity (Wildman–Crippen MR) is 196 cm³/mol. The van der Waals surface area contributed by atoms with E-state index in [1.54, 1.807) is 23.2 Å². The van der Waals surface area contributed by atoms with E-state index in [9.17, 15) is 22.8 Å². The molecule has 0 radical (unpaired) electrons. The molecular formula is C38H44N6O6S. The molecule has 2 fully saturated rings. The summed E-state index contributed by atoms with van der Waals surface area (Å²) in [6, 6.07) is 22.2. The second kappa shape index (κ2) is 15.5. The zero-order valence-corrected chi connectivity index (χ0v) is 29.9.